The number of methoxy groups -OCH3 is 1. The lowest BCUT2D eigenvalue weighted by Gasteiger charge is -2.23. The van der Waals surface area contributed by atoms with E-state index in [1.807, 2.05) is 19.1 Å². The molecule has 0 aliphatic heterocycles. The van der Waals surface area contributed by atoms with Gasteiger partial charge in [-0.25, -0.2) is 4.79 Å². The number of hydrogen-bond acceptors (Lipinski definition) is 4. The number of hydrogen-bond donors (Lipinski definition) is 1. The van der Waals surface area contributed by atoms with Gasteiger partial charge in [-0.3, -0.25) is 9.78 Å². The van der Waals surface area contributed by atoms with Crippen molar-refractivity contribution in [3.05, 3.63) is 88.0 Å². The molecule has 2 aromatic heterocycles. The van der Waals surface area contributed by atoms with Crippen LogP contribution in [0.15, 0.2) is 48.8 Å². The number of carbonyl (C=O) groups excluding carboxylic acids is 2. The minimum atomic E-state index is -0.432. The van der Waals surface area contributed by atoms with Gasteiger partial charge in [0.2, 0.25) is 0 Å². The molecule has 162 valence electrons. The number of aryl methyl sites for hydroxylation is 2. The molecule has 0 atom stereocenters. The number of ether oxygens (including phenoxy) is 1. The van der Waals surface area contributed by atoms with E-state index in [1.54, 1.807) is 24.2 Å². The molecule has 0 aliphatic rings. The highest BCUT2D eigenvalue weighted by Crippen LogP contribution is 2.23. The summed E-state index contributed by atoms with van der Waals surface area (Å²) in [5.41, 5.74) is 5.43. The van der Waals surface area contributed by atoms with Gasteiger partial charge in [-0.1, -0.05) is 44.2 Å². The number of amides is 1. The Kier molecular flexibility index (Phi) is 7.23. The van der Waals surface area contributed by atoms with Crippen LogP contribution in [0.2, 0.25) is 0 Å². The van der Waals surface area contributed by atoms with Crippen molar-refractivity contribution in [1.82, 2.24) is 14.9 Å². The number of nitrogens with zero attached hydrogens (tertiary/aromatic N) is 2. The Morgan fingerprint density at radius 1 is 1.00 bits per heavy atom. The van der Waals surface area contributed by atoms with Crippen molar-refractivity contribution in [3.8, 4) is 0 Å². The molecular formula is C25H29N3O3. The predicted molar refractivity (Wildman–Crippen MR) is 120 cm³/mol. The van der Waals surface area contributed by atoms with Crippen LogP contribution in [0, 0.1) is 6.92 Å². The molecule has 1 N–H and O–H groups in total. The fraction of sp³-hybridized carbons (Fsp3) is 0.320. The smallest absolute Gasteiger partial charge is 0.339 e. The van der Waals surface area contributed by atoms with Crippen LogP contribution in [-0.2, 0) is 30.7 Å². The zero-order valence-corrected chi connectivity index (χ0v) is 18.6. The number of benzene rings is 1. The van der Waals surface area contributed by atoms with Gasteiger partial charge in [0.05, 0.1) is 12.7 Å². The molecule has 3 aromatic rings. The predicted octanol–water partition coefficient (Wildman–Crippen LogP) is 4.47. The number of H-pyrrole nitrogens is 1. The molecule has 0 radical (unpaired) electrons. The van der Waals surface area contributed by atoms with Gasteiger partial charge in [-0.05, 0) is 48.1 Å². The van der Waals surface area contributed by atoms with E-state index in [0.29, 0.717) is 42.0 Å². The van der Waals surface area contributed by atoms with Crippen LogP contribution < -0.4 is 0 Å². The Labute approximate surface area is 183 Å². The van der Waals surface area contributed by atoms with E-state index in [1.165, 1.54) is 12.7 Å². The third kappa shape index (κ3) is 5.02. The van der Waals surface area contributed by atoms with E-state index in [2.05, 4.69) is 41.2 Å². The molecule has 2 heterocycles. The lowest BCUT2D eigenvalue weighted by molar-refractivity contribution is 0.0599. The van der Waals surface area contributed by atoms with E-state index in [9.17, 15) is 9.59 Å². The molecule has 0 fully saturated rings. The first-order valence-electron chi connectivity index (χ1n) is 10.5. The van der Waals surface area contributed by atoms with Crippen molar-refractivity contribution < 1.29 is 14.3 Å². The largest absolute Gasteiger partial charge is 0.465 e. The summed E-state index contributed by atoms with van der Waals surface area (Å²) in [6, 6.07) is 12.1. The Morgan fingerprint density at radius 3 is 2.26 bits per heavy atom. The molecule has 0 unspecified atom stereocenters. The number of aromatic nitrogens is 2. The Morgan fingerprint density at radius 2 is 1.68 bits per heavy atom. The SMILES string of the molecule is CCc1ccc(CN(Cc2cccnc2)C(=O)c2[nH]c(CC)c(C(=O)OC)c2C)cc1. The summed E-state index contributed by atoms with van der Waals surface area (Å²) in [5.74, 6) is -0.593. The quantitative estimate of drug-likeness (QED) is 0.547. The van der Waals surface area contributed by atoms with Crippen molar-refractivity contribution in [1.29, 1.82) is 0 Å². The maximum atomic E-state index is 13.6. The molecule has 1 aromatic carbocycles. The summed E-state index contributed by atoms with van der Waals surface area (Å²) in [7, 11) is 1.35. The molecule has 0 bridgehead atoms. The van der Waals surface area contributed by atoms with Crippen LogP contribution in [-0.4, -0.2) is 33.9 Å². The second-order valence-electron chi connectivity index (χ2n) is 7.52. The molecule has 31 heavy (non-hydrogen) atoms. The van der Waals surface area contributed by atoms with Crippen molar-refractivity contribution in [2.75, 3.05) is 7.11 Å². The number of aromatic amines is 1. The summed E-state index contributed by atoms with van der Waals surface area (Å²) in [6.45, 7) is 6.70. The standard InChI is InChI=1S/C25H29N3O3/c1-5-18-9-11-19(12-10-18)15-28(16-20-8-7-13-26-14-20)24(29)23-17(3)22(25(30)31-4)21(6-2)27-23/h7-14,27H,5-6,15-16H2,1-4H3. The number of esters is 1. The maximum Gasteiger partial charge on any atom is 0.339 e. The highest BCUT2D eigenvalue weighted by molar-refractivity contribution is 6.00. The molecule has 1 amide bonds. The zero-order valence-electron chi connectivity index (χ0n) is 18.6. The number of pyridine rings is 1. The van der Waals surface area contributed by atoms with E-state index >= 15 is 0 Å². The first-order valence-corrected chi connectivity index (χ1v) is 10.5. The van der Waals surface area contributed by atoms with Gasteiger partial charge < -0.3 is 14.6 Å². The second-order valence-corrected chi connectivity index (χ2v) is 7.52. The molecule has 6 heteroatoms. The first-order chi connectivity index (χ1) is 15.0. The van der Waals surface area contributed by atoms with E-state index in [0.717, 1.165) is 17.5 Å². The van der Waals surface area contributed by atoms with Gasteiger partial charge in [-0.2, -0.15) is 0 Å². The number of carbonyl (C=O) groups is 2. The van der Waals surface area contributed by atoms with Gasteiger partial charge in [0.25, 0.3) is 5.91 Å². The monoisotopic (exact) mass is 419 g/mol. The van der Waals surface area contributed by atoms with Gasteiger partial charge in [0, 0.05) is 31.2 Å². The molecule has 6 nitrogen and oxygen atoms in total. The minimum absolute atomic E-state index is 0.161. The van der Waals surface area contributed by atoms with Gasteiger partial charge in [0.15, 0.2) is 0 Å². The van der Waals surface area contributed by atoms with Gasteiger partial charge in [-0.15, -0.1) is 0 Å². The Hall–Kier alpha value is -3.41. The summed E-state index contributed by atoms with van der Waals surface area (Å²) in [4.78, 5) is 35.0. The summed E-state index contributed by atoms with van der Waals surface area (Å²) >= 11 is 0. The molecule has 3 rings (SSSR count). The topological polar surface area (TPSA) is 75.3 Å². The Bertz CT molecular complexity index is 1040. The van der Waals surface area contributed by atoms with Crippen molar-refractivity contribution in [2.45, 2.75) is 46.7 Å². The lowest BCUT2D eigenvalue weighted by atomic mass is 10.1. The maximum absolute atomic E-state index is 13.6. The Balaban J connectivity index is 1.97. The van der Waals surface area contributed by atoms with Crippen LogP contribution in [0.1, 0.15) is 62.6 Å². The highest BCUT2D eigenvalue weighted by Gasteiger charge is 2.27. The van der Waals surface area contributed by atoms with Crippen LogP contribution in [0.5, 0.6) is 0 Å². The second kappa shape index (κ2) is 10.1. The number of nitrogens with one attached hydrogen (secondary N) is 1. The fourth-order valence-corrected chi connectivity index (χ4v) is 3.69. The first kappa shape index (κ1) is 22.3. The van der Waals surface area contributed by atoms with E-state index in [-0.39, 0.29) is 5.91 Å². The number of rotatable bonds is 8. The van der Waals surface area contributed by atoms with E-state index < -0.39 is 5.97 Å². The van der Waals surface area contributed by atoms with Crippen molar-refractivity contribution >= 4 is 11.9 Å². The summed E-state index contributed by atoms with van der Waals surface area (Å²) in [6.07, 6.45) is 5.04. The highest BCUT2D eigenvalue weighted by atomic mass is 16.5. The zero-order chi connectivity index (χ0) is 22.4. The van der Waals surface area contributed by atoms with Crippen molar-refractivity contribution in [3.63, 3.8) is 0 Å². The van der Waals surface area contributed by atoms with E-state index in [4.69, 9.17) is 4.74 Å². The van der Waals surface area contributed by atoms with Gasteiger partial charge >= 0.3 is 5.97 Å². The molecular weight excluding hydrogens is 390 g/mol. The van der Waals surface area contributed by atoms with Crippen LogP contribution in [0.25, 0.3) is 0 Å². The third-order valence-corrected chi connectivity index (χ3v) is 5.47. The van der Waals surface area contributed by atoms with Crippen LogP contribution >= 0.6 is 0 Å². The fourth-order valence-electron chi connectivity index (χ4n) is 3.69. The summed E-state index contributed by atoms with van der Waals surface area (Å²) in [5, 5.41) is 0. The average Bonchev–Trinajstić information content (AvgIpc) is 3.15. The van der Waals surface area contributed by atoms with Crippen LogP contribution in [0.4, 0.5) is 0 Å². The lowest BCUT2D eigenvalue weighted by Crippen LogP contribution is -2.31. The normalized spacial score (nSPS) is 10.7. The minimum Gasteiger partial charge on any atom is -0.465 e. The molecule has 0 spiro atoms. The molecule has 0 saturated heterocycles. The third-order valence-electron chi connectivity index (χ3n) is 5.47. The molecule has 0 saturated carbocycles. The van der Waals surface area contributed by atoms with Crippen LogP contribution in [0.3, 0.4) is 0 Å². The average molecular weight is 420 g/mol. The molecule has 0 aliphatic carbocycles. The van der Waals surface area contributed by atoms with Gasteiger partial charge in [0.1, 0.15) is 5.69 Å². The summed E-state index contributed by atoms with van der Waals surface area (Å²) < 4.78 is 4.93. The van der Waals surface area contributed by atoms with Crippen molar-refractivity contribution in [2.24, 2.45) is 0 Å².